The van der Waals surface area contributed by atoms with Gasteiger partial charge in [-0.1, -0.05) is 134 Å². The molecule has 0 amide bonds. The molecule has 0 unspecified atom stereocenters. The van der Waals surface area contributed by atoms with Crippen LogP contribution in [-0.2, 0) is 47.4 Å². The minimum absolute atomic E-state index is 0. The molecule has 0 saturated carbocycles. The summed E-state index contributed by atoms with van der Waals surface area (Å²) in [6.07, 6.45) is 15.5. The maximum Gasteiger partial charge on any atom is 4.00 e. The number of halogens is 2. The Hall–Kier alpha value is -0.786. The fourth-order valence-electron chi connectivity index (χ4n) is 4.81. The number of benzene rings is 1. The first-order valence-corrected chi connectivity index (χ1v) is 13.7. The molecule has 0 N–H and O–H groups in total. The molecule has 0 fully saturated rings. The van der Waals surface area contributed by atoms with Crippen LogP contribution in [0.5, 0.6) is 0 Å². The average molecular weight is 564 g/mol. The van der Waals surface area contributed by atoms with Crippen LogP contribution >= 0.6 is 0 Å². The summed E-state index contributed by atoms with van der Waals surface area (Å²) in [5.74, 6) is 0. The van der Waals surface area contributed by atoms with Gasteiger partial charge < -0.3 is 24.8 Å². The predicted molar refractivity (Wildman–Crippen MR) is 149 cm³/mol. The summed E-state index contributed by atoms with van der Waals surface area (Å²) in [6, 6.07) is 19.4. The van der Waals surface area contributed by atoms with Crippen molar-refractivity contribution in [2.24, 2.45) is 0 Å². The van der Waals surface area contributed by atoms with Crippen LogP contribution in [0, 0.1) is 6.92 Å². The summed E-state index contributed by atoms with van der Waals surface area (Å²) >= 11 is 0. The normalized spacial score (nSPS) is 9.92. The number of hydrogen-bond donors (Lipinski definition) is 0. The molecule has 198 valence electrons. The van der Waals surface area contributed by atoms with Crippen molar-refractivity contribution in [3.05, 3.63) is 82.4 Å². The van der Waals surface area contributed by atoms with Crippen molar-refractivity contribution >= 4 is 0 Å². The standard InChI is InChI=1S/C28H43.C5H5.2ClH.Ti/c1-6-10-14-24-25(15-11-7-2)27(17-13-9-4)28(26(24)16-12-8-3)23-20-18-22(5)19-21-23;1-2-4-5-3-1;;;/h18-21H,6-17H2,1-5H3;1-5H;2*1H;/q2*-1;;;+4/p-2. The maximum atomic E-state index is 2.38. The second-order valence-electron chi connectivity index (χ2n) is 9.53. The Kier molecular flexibility index (Phi) is 23.1. The molecule has 0 bridgehead atoms. The molecule has 0 atom stereocenters. The van der Waals surface area contributed by atoms with Gasteiger partial charge in [0.2, 0.25) is 0 Å². The summed E-state index contributed by atoms with van der Waals surface area (Å²) in [4.78, 5) is 0. The predicted octanol–water partition coefficient (Wildman–Crippen LogP) is 4.16. The zero-order chi connectivity index (χ0) is 23.9. The van der Waals surface area contributed by atoms with Crippen molar-refractivity contribution in [1.29, 1.82) is 0 Å². The van der Waals surface area contributed by atoms with Crippen molar-refractivity contribution in [2.75, 3.05) is 0 Å². The zero-order valence-electron chi connectivity index (χ0n) is 23.4. The number of aryl methyl sites for hydroxylation is 1. The first-order chi connectivity index (χ1) is 16.2. The molecule has 0 aliphatic rings. The Morgan fingerprint density at radius 1 is 0.667 bits per heavy atom. The Balaban J connectivity index is 0. The van der Waals surface area contributed by atoms with E-state index in [1.807, 2.05) is 30.3 Å². The maximum absolute atomic E-state index is 2.38. The van der Waals surface area contributed by atoms with Crippen LogP contribution in [0.25, 0.3) is 11.1 Å². The van der Waals surface area contributed by atoms with Crippen LogP contribution in [0.15, 0.2) is 54.6 Å². The van der Waals surface area contributed by atoms with Crippen molar-refractivity contribution in [3.8, 4) is 11.1 Å². The van der Waals surface area contributed by atoms with Gasteiger partial charge in [0, 0.05) is 0 Å². The Morgan fingerprint density at radius 2 is 1.17 bits per heavy atom. The summed E-state index contributed by atoms with van der Waals surface area (Å²) in [7, 11) is 0. The van der Waals surface area contributed by atoms with Gasteiger partial charge >= 0.3 is 21.7 Å². The van der Waals surface area contributed by atoms with Gasteiger partial charge in [0.15, 0.2) is 0 Å². The van der Waals surface area contributed by atoms with Crippen molar-refractivity contribution in [2.45, 2.75) is 112 Å². The summed E-state index contributed by atoms with van der Waals surface area (Å²) in [6.45, 7) is 11.5. The second-order valence-corrected chi connectivity index (χ2v) is 9.53. The molecule has 0 nitrogen and oxygen atoms in total. The minimum atomic E-state index is 0. The fourth-order valence-corrected chi connectivity index (χ4v) is 4.81. The molecule has 0 aliphatic heterocycles. The minimum Gasteiger partial charge on any atom is -1.00 e. The summed E-state index contributed by atoms with van der Waals surface area (Å²) in [5, 5.41) is 0. The molecule has 3 rings (SSSR count). The van der Waals surface area contributed by atoms with Crippen LogP contribution < -0.4 is 24.8 Å². The zero-order valence-corrected chi connectivity index (χ0v) is 26.5. The molecular formula is C33H48Cl2Ti. The summed E-state index contributed by atoms with van der Waals surface area (Å²) in [5.41, 5.74) is 11.3. The smallest absolute Gasteiger partial charge is 1.00 e. The first kappa shape index (κ1) is 37.4. The number of rotatable bonds is 13. The van der Waals surface area contributed by atoms with E-state index in [0.29, 0.717) is 0 Å². The van der Waals surface area contributed by atoms with Crippen molar-refractivity contribution < 1.29 is 46.5 Å². The largest absolute Gasteiger partial charge is 4.00 e. The van der Waals surface area contributed by atoms with Gasteiger partial charge in [-0.05, 0) is 13.3 Å². The van der Waals surface area contributed by atoms with Gasteiger partial charge in [-0.25, -0.2) is 12.1 Å². The van der Waals surface area contributed by atoms with Crippen molar-refractivity contribution in [1.82, 2.24) is 0 Å². The molecule has 0 spiro atoms. The van der Waals surface area contributed by atoms with E-state index in [1.54, 1.807) is 27.8 Å². The Morgan fingerprint density at radius 3 is 1.64 bits per heavy atom. The molecule has 3 aromatic rings. The Labute approximate surface area is 250 Å². The molecule has 0 aromatic heterocycles. The van der Waals surface area contributed by atoms with Crippen LogP contribution in [0.4, 0.5) is 0 Å². The van der Waals surface area contributed by atoms with E-state index in [2.05, 4.69) is 58.9 Å². The average Bonchev–Trinajstić information content (AvgIpc) is 3.50. The third kappa shape index (κ3) is 11.7. The SMILES string of the molecule is CCCCc1c(CCCC)c(-c2ccc(C)cc2)[c-](CCCC)c1CCCC.[Cl-].[Cl-].[Ti+4].c1cc[cH-]c1. The number of hydrogen-bond acceptors (Lipinski definition) is 0. The number of unbranched alkanes of at least 4 members (excludes halogenated alkanes) is 4. The van der Waals surface area contributed by atoms with Gasteiger partial charge in [0.1, 0.15) is 0 Å². The second kappa shape index (κ2) is 22.2. The molecule has 0 radical (unpaired) electrons. The molecule has 36 heavy (non-hydrogen) atoms. The van der Waals surface area contributed by atoms with Crippen LogP contribution in [0.3, 0.4) is 0 Å². The van der Waals surface area contributed by atoms with E-state index < -0.39 is 0 Å². The topological polar surface area (TPSA) is 0 Å². The molecule has 0 saturated heterocycles. The van der Waals surface area contributed by atoms with Crippen LogP contribution in [0.1, 0.15) is 107 Å². The van der Waals surface area contributed by atoms with Gasteiger partial charge in [-0.2, -0.15) is 29.3 Å². The van der Waals surface area contributed by atoms with E-state index >= 15 is 0 Å². The van der Waals surface area contributed by atoms with Gasteiger partial charge in [-0.3, -0.25) is 0 Å². The third-order valence-corrected chi connectivity index (χ3v) is 6.71. The van der Waals surface area contributed by atoms with E-state index in [9.17, 15) is 0 Å². The van der Waals surface area contributed by atoms with E-state index in [-0.39, 0.29) is 46.5 Å². The first-order valence-electron chi connectivity index (χ1n) is 13.7. The van der Waals surface area contributed by atoms with E-state index in [1.165, 1.54) is 88.2 Å². The molecule has 0 aliphatic carbocycles. The molecular weight excluding hydrogens is 515 g/mol. The quantitative estimate of drug-likeness (QED) is 0.217. The van der Waals surface area contributed by atoms with E-state index in [4.69, 9.17) is 0 Å². The van der Waals surface area contributed by atoms with E-state index in [0.717, 1.165) is 0 Å². The van der Waals surface area contributed by atoms with Crippen LogP contribution in [-0.4, -0.2) is 0 Å². The Bertz CT molecular complexity index is 821. The fraction of sp³-hybridized carbons (Fsp3) is 0.515. The van der Waals surface area contributed by atoms with Crippen LogP contribution in [0.2, 0.25) is 0 Å². The molecule has 0 heterocycles. The van der Waals surface area contributed by atoms with Gasteiger partial charge in [0.25, 0.3) is 0 Å². The molecule has 3 aromatic carbocycles. The van der Waals surface area contributed by atoms with Crippen molar-refractivity contribution in [3.63, 3.8) is 0 Å². The monoisotopic (exact) mass is 562 g/mol. The van der Waals surface area contributed by atoms with Gasteiger partial charge in [-0.15, -0.1) is 16.7 Å². The summed E-state index contributed by atoms with van der Waals surface area (Å²) < 4.78 is 0. The van der Waals surface area contributed by atoms with Gasteiger partial charge in [0.05, 0.1) is 0 Å². The molecule has 3 heteroatoms. The third-order valence-electron chi connectivity index (χ3n) is 6.71.